The third kappa shape index (κ3) is 8.66. The highest BCUT2D eigenvalue weighted by Gasteiger charge is 2.16. The summed E-state index contributed by atoms with van der Waals surface area (Å²) in [5.41, 5.74) is 5.29. The molecule has 0 aromatic carbocycles. The van der Waals surface area contributed by atoms with Crippen LogP contribution in [0.15, 0.2) is 0 Å². The average molecular weight is 286 g/mol. The van der Waals surface area contributed by atoms with Gasteiger partial charge in [0.15, 0.2) is 0 Å². The van der Waals surface area contributed by atoms with Gasteiger partial charge in [0.1, 0.15) is 0 Å². The fraction of sp³-hybridized carbons (Fsp3) is 0.909. The number of rotatable bonds is 5. The predicted molar refractivity (Wildman–Crippen MR) is 76.0 cm³/mol. The van der Waals surface area contributed by atoms with Gasteiger partial charge in [0.05, 0.1) is 0 Å². The highest BCUT2D eigenvalue weighted by molar-refractivity contribution is 5.85. The molecule has 0 bridgehead atoms. The number of carbonyl (C=O) groups excluding carboxylic acids is 1. The summed E-state index contributed by atoms with van der Waals surface area (Å²) in [5.74, 6) is 0.879. The van der Waals surface area contributed by atoms with Crippen molar-refractivity contribution in [2.24, 2.45) is 11.7 Å². The molecule has 0 radical (unpaired) electrons. The molecule has 104 valence electrons. The maximum atomic E-state index is 11.1. The molecule has 0 atom stereocenters. The monoisotopic (exact) mass is 285 g/mol. The summed E-state index contributed by atoms with van der Waals surface area (Å²) in [5, 5.41) is 2.91. The molecule has 4 nitrogen and oxygen atoms in total. The second kappa shape index (κ2) is 11.1. The Morgan fingerprint density at radius 2 is 1.94 bits per heavy atom. The Balaban J connectivity index is 0. The van der Waals surface area contributed by atoms with E-state index in [2.05, 4.69) is 17.3 Å². The van der Waals surface area contributed by atoms with Gasteiger partial charge < -0.3 is 16.0 Å². The first kappa shape index (κ1) is 19.3. The minimum absolute atomic E-state index is 0. The molecule has 1 aliphatic heterocycles. The van der Waals surface area contributed by atoms with E-state index in [-0.39, 0.29) is 30.7 Å². The van der Waals surface area contributed by atoms with Crippen LogP contribution in [0.4, 0.5) is 0 Å². The molecule has 1 amide bonds. The summed E-state index contributed by atoms with van der Waals surface area (Å²) in [6.07, 6.45) is 4.10. The fourth-order valence-electron chi connectivity index (χ4n) is 1.99. The van der Waals surface area contributed by atoms with Crippen LogP contribution in [0.3, 0.4) is 0 Å². The predicted octanol–water partition coefficient (Wildman–Crippen LogP) is 1.03. The third-order valence-corrected chi connectivity index (χ3v) is 3.08. The molecule has 0 aromatic heterocycles. The van der Waals surface area contributed by atoms with Gasteiger partial charge in [-0.1, -0.05) is 0 Å². The number of piperidine rings is 1. The standard InChI is InChI=1S/C11H23N3O.2ClH/c1-14-8-4-10(5-9-14)3-7-13-11(15)2-6-12;;/h10H,2-9,12H2,1H3,(H,13,15);2*1H. The largest absolute Gasteiger partial charge is 0.356 e. The molecule has 1 rings (SSSR count). The number of nitrogens with one attached hydrogen (secondary N) is 1. The molecular formula is C11H25Cl2N3O. The number of hydrogen-bond acceptors (Lipinski definition) is 3. The highest BCUT2D eigenvalue weighted by atomic mass is 35.5. The first-order valence-corrected chi connectivity index (χ1v) is 5.87. The molecule has 1 saturated heterocycles. The minimum atomic E-state index is 0. The van der Waals surface area contributed by atoms with Crippen LogP contribution >= 0.6 is 24.8 Å². The number of halogens is 2. The summed E-state index contributed by atoms with van der Waals surface area (Å²) >= 11 is 0. The first-order chi connectivity index (χ1) is 7.22. The Morgan fingerprint density at radius 1 is 1.35 bits per heavy atom. The fourth-order valence-corrected chi connectivity index (χ4v) is 1.99. The Labute approximate surface area is 117 Å². The van der Waals surface area contributed by atoms with Gasteiger partial charge in [0.25, 0.3) is 0 Å². The van der Waals surface area contributed by atoms with Crippen molar-refractivity contribution in [3.05, 3.63) is 0 Å². The van der Waals surface area contributed by atoms with Gasteiger partial charge in [-0.25, -0.2) is 0 Å². The number of likely N-dealkylation sites (tertiary alicyclic amines) is 1. The van der Waals surface area contributed by atoms with Crippen LogP contribution in [0, 0.1) is 5.92 Å². The number of hydrogen-bond donors (Lipinski definition) is 2. The lowest BCUT2D eigenvalue weighted by Crippen LogP contribution is -2.33. The van der Waals surface area contributed by atoms with Crippen molar-refractivity contribution in [3.8, 4) is 0 Å². The van der Waals surface area contributed by atoms with E-state index in [0.29, 0.717) is 13.0 Å². The molecule has 0 spiro atoms. The lowest BCUT2D eigenvalue weighted by molar-refractivity contribution is -0.120. The summed E-state index contributed by atoms with van der Waals surface area (Å²) in [6.45, 7) is 3.65. The van der Waals surface area contributed by atoms with E-state index >= 15 is 0 Å². The van der Waals surface area contributed by atoms with E-state index in [1.54, 1.807) is 0 Å². The summed E-state index contributed by atoms with van der Waals surface area (Å²) in [4.78, 5) is 13.5. The molecule has 3 N–H and O–H groups in total. The maximum Gasteiger partial charge on any atom is 0.221 e. The quantitative estimate of drug-likeness (QED) is 0.793. The van der Waals surface area contributed by atoms with E-state index in [0.717, 1.165) is 18.9 Å². The van der Waals surface area contributed by atoms with E-state index in [1.807, 2.05) is 0 Å². The van der Waals surface area contributed by atoms with Crippen molar-refractivity contribution < 1.29 is 4.79 Å². The molecule has 1 fully saturated rings. The van der Waals surface area contributed by atoms with Crippen LogP contribution in [0.1, 0.15) is 25.7 Å². The zero-order valence-electron chi connectivity index (χ0n) is 10.5. The van der Waals surface area contributed by atoms with Crippen molar-refractivity contribution in [1.29, 1.82) is 0 Å². The Bertz CT molecular complexity index is 197. The molecule has 1 aliphatic rings. The molecule has 0 saturated carbocycles. The average Bonchev–Trinajstić information content (AvgIpc) is 2.21. The van der Waals surface area contributed by atoms with E-state index in [9.17, 15) is 4.79 Å². The topological polar surface area (TPSA) is 58.4 Å². The van der Waals surface area contributed by atoms with Crippen LogP contribution in [-0.4, -0.2) is 44.0 Å². The molecule has 0 unspecified atom stereocenters. The van der Waals surface area contributed by atoms with Crippen molar-refractivity contribution in [2.75, 3.05) is 33.2 Å². The van der Waals surface area contributed by atoms with Crippen molar-refractivity contribution in [3.63, 3.8) is 0 Å². The van der Waals surface area contributed by atoms with Gasteiger partial charge in [0, 0.05) is 19.5 Å². The zero-order valence-corrected chi connectivity index (χ0v) is 12.1. The van der Waals surface area contributed by atoms with Gasteiger partial charge in [-0.05, 0) is 45.3 Å². The molecule has 1 heterocycles. The van der Waals surface area contributed by atoms with Gasteiger partial charge in [-0.15, -0.1) is 24.8 Å². The third-order valence-electron chi connectivity index (χ3n) is 3.08. The van der Waals surface area contributed by atoms with E-state index in [1.165, 1.54) is 25.9 Å². The van der Waals surface area contributed by atoms with Crippen LogP contribution in [-0.2, 0) is 4.79 Å². The van der Waals surface area contributed by atoms with E-state index < -0.39 is 0 Å². The molecule has 0 aromatic rings. The van der Waals surface area contributed by atoms with Crippen LogP contribution in [0.5, 0.6) is 0 Å². The second-order valence-corrected chi connectivity index (χ2v) is 4.42. The lowest BCUT2D eigenvalue weighted by atomic mass is 9.94. The number of nitrogens with two attached hydrogens (primary N) is 1. The summed E-state index contributed by atoms with van der Waals surface area (Å²) in [6, 6.07) is 0. The lowest BCUT2D eigenvalue weighted by Gasteiger charge is -2.28. The smallest absolute Gasteiger partial charge is 0.221 e. The molecule has 17 heavy (non-hydrogen) atoms. The number of amides is 1. The first-order valence-electron chi connectivity index (χ1n) is 5.87. The van der Waals surface area contributed by atoms with E-state index in [4.69, 9.17) is 5.73 Å². The summed E-state index contributed by atoms with van der Waals surface area (Å²) < 4.78 is 0. The van der Waals surface area contributed by atoms with Crippen molar-refractivity contribution in [2.45, 2.75) is 25.7 Å². The van der Waals surface area contributed by atoms with Gasteiger partial charge >= 0.3 is 0 Å². The van der Waals surface area contributed by atoms with Crippen LogP contribution < -0.4 is 11.1 Å². The molecular weight excluding hydrogens is 261 g/mol. The van der Waals surface area contributed by atoms with Crippen LogP contribution in [0.2, 0.25) is 0 Å². The van der Waals surface area contributed by atoms with Crippen LogP contribution in [0.25, 0.3) is 0 Å². The second-order valence-electron chi connectivity index (χ2n) is 4.42. The van der Waals surface area contributed by atoms with Gasteiger partial charge in [-0.3, -0.25) is 4.79 Å². The number of nitrogens with zero attached hydrogens (tertiary/aromatic N) is 1. The Morgan fingerprint density at radius 3 is 2.47 bits per heavy atom. The van der Waals surface area contributed by atoms with Gasteiger partial charge in [-0.2, -0.15) is 0 Å². The van der Waals surface area contributed by atoms with Crippen molar-refractivity contribution >= 4 is 30.7 Å². The SMILES string of the molecule is CN1CCC(CCNC(=O)CCN)CC1.Cl.Cl. The maximum absolute atomic E-state index is 11.1. The number of carbonyl (C=O) groups is 1. The highest BCUT2D eigenvalue weighted by Crippen LogP contribution is 2.18. The van der Waals surface area contributed by atoms with Crippen molar-refractivity contribution in [1.82, 2.24) is 10.2 Å². The Kier molecular flexibility index (Phi) is 12.6. The minimum Gasteiger partial charge on any atom is -0.356 e. The molecule has 6 heteroatoms. The zero-order chi connectivity index (χ0) is 11.1. The summed E-state index contributed by atoms with van der Waals surface area (Å²) in [7, 11) is 2.17. The molecule has 0 aliphatic carbocycles. The normalized spacial score (nSPS) is 16.8. The Hall–Kier alpha value is -0.0300. The van der Waals surface area contributed by atoms with Gasteiger partial charge in [0.2, 0.25) is 5.91 Å².